The van der Waals surface area contributed by atoms with E-state index in [1.165, 1.54) is 57.8 Å². The molecule has 1 heterocycles. The van der Waals surface area contributed by atoms with E-state index in [1.807, 2.05) is 0 Å². The molecule has 0 saturated carbocycles. The molecule has 22 heavy (non-hydrogen) atoms. The number of rotatable bonds is 8. The summed E-state index contributed by atoms with van der Waals surface area (Å²) in [6, 6.07) is 0.731. The predicted octanol–water partition coefficient (Wildman–Crippen LogP) is 5.70. The van der Waals surface area contributed by atoms with Crippen molar-refractivity contribution >= 4 is 0 Å². The SMILES string of the molecule is CC(C)(C)CCCCCCCC1CCC(OC(C)(C)C)CN1. The van der Waals surface area contributed by atoms with Crippen molar-refractivity contribution in [2.24, 2.45) is 5.41 Å². The third-order valence-electron chi connectivity index (χ3n) is 4.47. The summed E-state index contributed by atoms with van der Waals surface area (Å²) in [5.41, 5.74) is 0.504. The van der Waals surface area contributed by atoms with E-state index in [0.29, 0.717) is 11.5 Å². The molecule has 1 aliphatic heterocycles. The highest BCUT2D eigenvalue weighted by molar-refractivity contribution is 4.80. The van der Waals surface area contributed by atoms with Crippen molar-refractivity contribution in [1.82, 2.24) is 5.32 Å². The number of hydrogen-bond acceptors (Lipinski definition) is 2. The van der Waals surface area contributed by atoms with E-state index in [-0.39, 0.29) is 5.60 Å². The van der Waals surface area contributed by atoms with E-state index in [0.717, 1.165) is 12.6 Å². The molecule has 0 spiro atoms. The van der Waals surface area contributed by atoms with Crippen LogP contribution in [-0.2, 0) is 4.74 Å². The highest BCUT2D eigenvalue weighted by Gasteiger charge is 2.24. The maximum atomic E-state index is 6.06. The van der Waals surface area contributed by atoms with Crippen molar-refractivity contribution in [3.63, 3.8) is 0 Å². The average Bonchev–Trinajstić information content (AvgIpc) is 2.36. The van der Waals surface area contributed by atoms with Crippen LogP contribution in [0.2, 0.25) is 0 Å². The van der Waals surface area contributed by atoms with Crippen LogP contribution in [-0.4, -0.2) is 24.3 Å². The quantitative estimate of drug-likeness (QED) is 0.581. The Hall–Kier alpha value is -0.0800. The molecule has 0 bridgehead atoms. The average molecular weight is 312 g/mol. The molecule has 1 fully saturated rings. The van der Waals surface area contributed by atoms with Crippen LogP contribution in [0, 0.1) is 5.41 Å². The summed E-state index contributed by atoms with van der Waals surface area (Å²) in [5.74, 6) is 0. The van der Waals surface area contributed by atoms with E-state index in [9.17, 15) is 0 Å². The van der Waals surface area contributed by atoms with Gasteiger partial charge in [-0.3, -0.25) is 0 Å². The molecule has 132 valence electrons. The fraction of sp³-hybridized carbons (Fsp3) is 1.00. The molecule has 0 aromatic carbocycles. The van der Waals surface area contributed by atoms with Gasteiger partial charge < -0.3 is 10.1 Å². The largest absolute Gasteiger partial charge is 0.371 e. The van der Waals surface area contributed by atoms with Gasteiger partial charge in [0.15, 0.2) is 0 Å². The number of unbranched alkanes of at least 4 members (excludes halogenated alkanes) is 4. The van der Waals surface area contributed by atoms with E-state index < -0.39 is 0 Å². The topological polar surface area (TPSA) is 21.3 Å². The molecule has 0 amide bonds. The van der Waals surface area contributed by atoms with Gasteiger partial charge in [-0.05, 0) is 51.9 Å². The second-order valence-electron chi connectivity index (χ2n) is 9.40. The molecule has 1 saturated heterocycles. The molecule has 2 heteroatoms. The van der Waals surface area contributed by atoms with Crippen LogP contribution in [0.3, 0.4) is 0 Å². The van der Waals surface area contributed by atoms with Gasteiger partial charge in [-0.15, -0.1) is 0 Å². The predicted molar refractivity (Wildman–Crippen MR) is 97.4 cm³/mol. The summed E-state index contributed by atoms with van der Waals surface area (Å²) >= 11 is 0. The Morgan fingerprint density at radius 1 is 0.864 bits per heavy atom. The Morgan fingerprint density at radius 3 is 2.05 bits per heavy atom. The van der Waals surface area contributed by atoms with E-state index in [2.05, 4.69) is 46.9 Å². The number of hydrogen-bond donors (Lipinski definition) is 1. The van der Waals surface area contributed by atoms with Crippen LogP contribution in [0.1, 0.15) is 99.3 Å². The third kappa shape index (κ3) is 10.6. The van der Waals surface area contributed by atoms with Crippen molar-refractivity contribution in [2.75, 3.05) is 6.54 Å². The zero-order valence-electron chi connectivity index (χ0n) is 16.1. The smallest absolute Gasteiger partial charge is 0.0707 e. The lowest BCUT2D eigenvalue weighted by molar-refractivity contribution is -0.0712. The monoisotopic (exact) mass is 311 g/mol. The first-order valence-electron chi connectivity index (χ1n) is 9.57. The normalized spacial score (nSPS) is 23.7. The fourth-order valence-electron chi connectivity index (χ4n) is 3.31. The third-order valence-corrected chi connectivity index (χ3v) is 4.47. The maximum Gasteiger partial charge on any atom is 0.0707 e. The molecule has 2 nitrogen and oxygen atoms in total. The van der Waals surface area contributed by atoms with Crippen LogP contribution in [0.4, 0.5) is 0 Å². The first-order valence-corrected chi connectivity index (χ1v) is 9.57. The van der Waals surface area contributed by atoms with Gasteiger partial charge in [-0.1, -0.05) is 52.9 Å². The minimum absolute atomic E-state index is 0.00770. The Bertz CT molecular complexity index is 279. The Balaban J connectivity index is 1.97. The first kappa shape index (κ1) is 20.0. The summed E-state index contributed by atoms with van der Waals surface area (Å²) in [6.07, 6.45) is 12.7. The second kappa shape index (κ2) is 9.27. The zero-order chi connectivity index (χ0) is 16.6. The fourth-order valence-corrected chi connectivity index (χ4v) is 3.31. The van der Waals surface area contributed by atoms with Gasteiger partial charge in [0, 0.05) is 12.6 Å². The van der Waals surface area contributed by atoms with Gasteiger partial charge >= 0.3 is 0 Å². The van der Waals surface area contributed by atoms with E-state index in [4.69, 9.17) is 4.74 Å². The van der Waals surface area contributed by atoms with Crippen molar-refractivity contribution in [3.05, 3.63) is 0 Å². The molecule has 2 atom stereocenters. The Kier molecular flexibility index (Phi) is 8.42. The summed E-state index contributed by atoms with van der Waals surface area (Å²) in [7, 11) is 0. The van der Waals surface area contributed by atoms with Gasteiger partial charge in [0.05, 0.1) is 11.7 Å². The highest BCUT2D eigenvalue weighted by atomic mass is 16.5. The van der Waals surface area contributed by atoms with Gasteiger partial charge in [0.25, 0.3) is 0 Å². The van der Waals surface area contributed by atoms with Crippen LogP contribution >= 0.6 is 0 Å². The molecule has 1 rings (SSSR count). The van der Waals surface area contributed by atoms with Gasteiger partial charge in [-0.2, -0.15) is 0 Å². The van der Waals surface area contributed by atoms with Crippen molar-refractivity contribution in [3.8, 4) is 0 Å². The first-order chi connectivity index (χ1) is 10.2. The molecule has 0 aromatic heterocycles. The summed E-state index contributed by atoms with van der Waals surface area (Å²) in [6.45, 7) is 14.5. The summed E-state index contributed by atoms with van der Waals surface area (Å²) < 4.78 is 6.06. The lowest BCUT2D eigenvalue weighted by Gasteiger charge is -2.34. The minimum atomic E-state index is -0.00770. The van der Waals surface area contributed by atoms with Gasteiger partial charge in [0.2, 0.25) is 0 Å². The lowest BCUT2D eigenvalue weighted by atomic mass is 9.89. The molecule has 0 aliphatic carbocycles. The molecule has 0 aromatic rings. The molecule has 1 aliphatic rings. The van der Waals surface area contributed by atoms with Gasteiger partial charge in [0.1, 0.15) is 0 Å². The van der Waals surface area contributed by atoms with Gasteiger partial charge in [-0.25, -0.2) is 0 Å². The Labute approximate surface area is 139 Å². The van der Waals surface area contributed by atoms with E-state index >= 15 is 0 Å². The molecule has 1 N–H and O–H groups in total. The number of nitrogens with one attached hydrogen (secondary N) is 1. The minimum Gasteiger partial charge on any atom is -0.371 e. The van der Waals surface area contributed by atoms with Crippen molar-refractivity contribution in [1.29, 1.82) is 0 Å². The highest BCUT2D eigenvalue weighted by Crippen LogP contribution is 2.23. The summed E-state index contributed by atoms with van der Waals surface area (Å²) in [5, 5.41) is 3.69. The molecular weight excluding hydrogens is 270 g/mol. The maximum absolute atomic E-state index is 6.06. The lowest BCUT2D eigenvalue weighted by Crippen LogP contribution is -2.45. The van der Waals surface area contributed by atoms with Crippen LogP contribution in [0.25, 0.3) is 0 Å². The Morgan fingerprint density at radius 2 is 1.50 bits per heavy atom. The second-order valence-corrected chi connectivity index (χ2v) is 9.40. The van der Waals surface area contributed by atoms with Crippen LogP contribution in [0.5, 0.6) is 0 Å². The molecule has 2 unspecified atom stereocenters. The van der Waals surface area contributed by atoms with E-state index in [1.54, 1.807) is 0 Å². The molecular formula is C20H41NO. The number of piperidine rings is 1. The molecule has 0 radical (unpaired) electrons. The van der Waals surface area contributed by atoms with Crippen molar-refractivity contribution in [2.45, 2.75) is 117 Å². The van der Waals surface area contributed by atoms with Crippen LogP contribution in [0.15, 0.2) is 0 Å². The standard InChI is InChI=1S/C20H41NO/c1-19(2,3)15-11-9-7-8-10-12-17-13-14-18(16-21-17)22-20(4,5)6/h17-18,21H,7-16H2,1-6H3. The van der Waals surface area contributed by atoms with Crippen molar-refractivity contribution < 1.29 is 4.74 Å². The zero-order valence-corrected chi connectivity index (χ0v) is 16.1. The van der Waals surface area contributed by atoms with Crippen LogP contribution < -0.4 is 5.32 Å². The summed E-state index contributed by atoms with van der Waals surface area (Å²) in [4.78, 5) is 0. The number of ether oxygens (including phenoxy) is 1.